The topological polar surface area (TPSA) is 60.7 Å². The van der Waals surface area contributed by atoms with Crippen LogP contribution in [-0.4, -0.2) is 18.6 Å². The van der Waals surface area contributed by atoms with Crippen LogP contribution in [-0.2, 0) is 11.3 Å². The minimum atomic E-state index is -0.639. The molecule has 25 heavy (non-hydrogen) atoms. The molecule has 2 aromatic carbocycles. The summed E-state index contributed by atoms with van der Waals surface area (Å²) in [6.07, 6.45) is 2.71. The van der Waals surface area contributed by atoms with E-state index in [1.165, 1.54) is 0 Å². The molecule has 1 aromatic heterocycles. The second-order valence-corrected chi connectivity index (χ2v) is 5.79. The number of rotatable bonds is 4. The molecule has 1 N–H and O–H groups in total. The van der Waals surface area contributed by atoms with Gasteiger partial charge in [0.25, 0.3) is 5.91 Å². The molecule has 1 atom stereocenters. The molecule has 0 saturated carbocycles. The van der Waals surface area contributed by atoms with Crippen molar-refractivity contribution in [2.75, 3.05) is 6.61 Å². The molecule has 0 unspecified atom stereocenters. The van der Waals surface area contributed by atoms with Crippen molar-refractivity contribution in [2.45, 2.75) is 12.6 Å². The summed E-state index contributed by atoms with van der Waals surface area (Å²) in [6.45, 7) is 0.647. The molecular formula is C20H17NO4. The molecule has 126 valence electrons. The number of furan rings is 1. The number of nitrogens with one attached hydrogen (secondary N) is 1. The lowest BCUT2D eigenvalue weighted by atomic mass is 10.1. The van der Waals surface area contributed by atoms with E-state index in [0.717, 1.165) is 16.7 Å². The predicted molar refractivity (Wildman–Crippen MR) is 92.3 cm³/mol. The lowest BCUT2D eigenvalue weighted by Gasteiger charge is -2.25. The number of amides is 1. The molecule has 0 saturated heterocycles. The number of carbonyl (C=O) groups excluding carboxylic acids is 1. The van der Waals surface area contributed by atoms with Gasteiger partial charge in [-0.1, -0.05) is 36.4 Å². The van der Waals surface area contributed by atoms with Gasteiger partial charge >= 0.3 is 0 Å². The summed E-state index contributed by atoms with van der Waals surface area (Å²) in [5.41, 5.74) is 3.11. The molecule has 1 aliphatic heterocycles. The van der Waals surface area contributed by atoms with E-state index in [-0.39, 0.29) is 12.5 Å². The highest BCUT2D eigenvalue weighted by atomic mass is 16.6. The van der Waals surface area contributed by atoms with Gasteiger partial charge in [-0.05, 0) is 29.3 Å². The Labute approximate surface area is 145 Å². The van der Waals surface area contributed by atoms with Crippen LogP contribution in [0.2, 0.25) is 0 Å². The first-order chi connectivity index (χ1) is 12.3. The molecule has 5 heteroatoms. The minimum absolute atomic E-state index is 0.187. The first-order valence-electron chi connectivity index (χ1n) is 8.07. The average molecular weight is 335 g/mol. The monoisotopic (exact) mass is 335 g/mol. The van der Waals surface area contributed by atoms with Crippen molar-refractivity contribution in [3.8, 4) is 22.6 Å². The van der Waals surface area contributed by atoms with Crippen LogP contribution in [0.1, 0.15) is 5.56 Å². The van der Waals surface area contributed by atoms with Gasteiger partial charge < -0.3 is 19.2 Å². The highest BCUT2D eigenvalue weighted by Gasteiger charge is 2.26. The Morgan fingerprint density at radius 1 is 1.00 bits per heavy atom. The fourth-order valence-electron chi connectivity index (χ4n) is 2.70. The van der Waals surface area contributed by atoms with Crippen LogP contribution in [0.4, 0.5) is 0 Å². The van der Waals surface area contributed by atoms with Crippen LogP contribution in [0, 0.1) is 0 Å². The second-order valence-electron chi connectivity index (χ2n) is 5.79. The summed E-state index contributed by atoms with van der Waals surface area (Å²) in [4.78, 5) is 12.3. The van der Waals surface area contributed by atoms with E-state index in [4.69, 9.17) is 13.9 Å². The first kappa shape index (κ1) is 15.3. The average Bonchev–Trinajstić information content (AvgIpc) is 3.21. The van der Waals surface area contributed by atoms with Crippen molar-refractivity contribution in [3.05, 3.63) is 72.7 Å². The van der Waals surface area contributed by atoms with E-state index < -0.39 is 6.10 Å². The first-order valence-corrected chi connectivity index (χ1v) is 8.07. The van der Waals surface area contributed by atoms with E-state index in [1.54, 1.807) is 18.6 Å². The van der Waals surface area contributed by atoms with Gasteiger partial charge in [0.05, 0.1) is 12.5 Å². The van der Waals surface area contributed by atoms with Crippen molar-refractivity contribution in [1.82, 2.24) is 5.32 Å². The molecule has 3 aromatic rings. The van der Waals surface area contributed by atoms with Gasteiger partial charge in [0.2, 0.25) is 6.10 Å². The molecule has 0 fully saturated rings. The highest BCUT2D eigenvalue weighted by Crippen LogP contribution is 2.30. The smallest absolute Gasteiger partial charge is 0.264 e. The lowest BCUT2D eigenvalue weighted by Crippen LogP contribution is -2.43. The Balaban J connectivity index is 1.35. The standard InChI is InChI=1S/C20H17NO4/c22-20(19-13-24-17-3-1-2-4-18(17)25-19)21-11-14-5-7-15(8-6-14)16-9-10-23-12-16/h1-10,12,19H,11,13H2,(H,21,22)/t19-/m1/s1. The highest BCUT2D eigenvalue weighted by molar-refractivity contribution is 5.81. The zero-order valence-corrected chi connectivity index (χ0v) is 13.5. The zero-order chi connectivity index (χ0) is 17.1. The van der Waals surface area contributed by atoms with Gasteiger partial charge in [-0.25, -0.2) is 0 Å². The fraction of sp³-hybridized carbons (Fsp3) is 0.150. The van der Waals surface area contributed by atoms with Crippen LogP contribution in [0.5, 0.6) is 11.5 Å². The number of fused-ring (bicyclic) bond motifs is 1. The van der Waals surface area contributed by atoms with E-state index in [2.05, 4.69) is 5.32 Å². The predicted octanol–water partition coefficient (Wildman–Crippen LogP) is 3.40. The number of carbonyl (C=O) groups is 1. The van der Waals surface area contributed by atoms with Gasteiger partial charge in [-0.15, -0.1) is 0 Å². The maximum atomic E-state index is 12.3. The maximum Gasteiger partial charge on any atom is 0.264 e. The largest absolute Gasteiger partial charge is 0.485 e. The van der Waals surface area contributed by atoms with Crippen molar-refractivity contribution in [2.24, 2.45) is 0 Å². The van der Waals surface area contributed by atoms with Gasteiger partial charge in [0.15, 0.2) is 11.5 Å². The molecule has 1 amide bonds. The van der Waals surface area contributed by atoms with Crippen molar-refractivity contribution >= 4 is 5.91 Å². The third-order valence-electron chi connectivity index (χ3n) is 4.08. The maximum absolute atomic E-state index is 12.3. The Kier molecular flexibility index (Phi) is 4.12. The molecule has 0 bridgehead atoms. The van der Waals surface area contributed by atoms with E-state index in [1.807, 2.05) is 48.5 Å². The van der Waals surface area contributed by atoms with Crippen LogP contribution >= 0.6 is 0 Å². The minimum Gasteiger partial charge on any atom is -0.485 e. The third kappa shape index (κ3) is 3.35. The second kappa shape index (κ2) is 6.73. The van der Waals surface area contributed by atoms with E-state index in [0.29, 0.717) is 18.0 Å². The number of para-hydroxylation sites is 2. The summed E-state index contributed by atoms with van der Waals surface area (Å²) in [6, 6.07) is 17.2. The summed E-state index contributed by atoms with van der Waals surface area (Å²) in [5.74, 6) is 1.08. The Morgan fingerprint density at radius 3 is 2.56 bits per heavy atom. The Hall–Kier alpha value is -3.21. The van der Waals surface area contributed by atoms with Crippen LogP contribution in [0.25, 0.3) is 11.1 Å². The Morgan fingerprint density at radius 2 is 1.80 bits per heavy atom. The van der Waals surface area contributed by atoms with Crippen molar-refractivity contribution < 1.29 is 18.7 Å². The fourth-order valence-corrected chi connectivity index (χ4v) is 2.70. The molecule has 0 aliphatic carbocycles. The molecule has 1 aliphatic rings. The molecule has 0 radical (unpaired) electrons. The number of hydrogen-bond donors (Lipinski definition) is 1. The summed E-state index contributed by atoms with van der Waals surface area (Å²) < 4.78 is 16.4. The van der Waals surface area contributed by atoms with Gasteiger partial charge in [-0.3, -0.25) is 4.79 Å². The van der Waals surface area contributed by atoms with Gasteiger partial charge in [-0.2, -0.15) is 0 Å². The Bertz CT molecular complexity index is 856. The molecular weight excluding hydrogens is 318 g/mol. The van der Waals surface area contributed by atoms with Crippen LogP contribution < -0.4 is 14.8 Å². The van der Waals surface area contributed by atoms with Gasteiger partial charge in [0.1, 0.15) is 6.61 Å². The van der Waals surface area contributed by atoms with Crippen molar-refractivity contribution in [3.63, 3.8) is 0 Å². The zero-order valence-electron chi connectivity index (χ0n) is 13.5. The normalized spacial score (nSPS) is 15.6. The lowest BCUT2D eigenvalue weighted by molar-refractivity contribution is -0.130. The summed E-state index contributed by atoms with van der Waals surface area (Å²) >= 11 is 0. The molecule has 5 nitrogen and oxygen atoms in total. The van der Waals surface area contributed by atoms with E-state index >= 15 is 0 Å². The van der Waals surface area contributed by atoms with Crippen molar-refractivity contribution in [1.29, 1.82) is 0 Å². The molecule has 4 rings (SSSR count). The quantitative estimate of drug-likeness (QED) is 0.794. The third-order valence-corrected chi connectivity index (χ3v) is 4.08. The number of ether oxygens (including phenoxy) is 2. The molecule has 2 heterocycles. The van der Waals surface area contributed by atoms with Gasteiger partial charge in [0, 0.05) is 12.1 Å². The SMILES string of the molecule is O=C(NCc1ccc(-c2ccoc2)cc1)[C@H]1COc2ccccc2O1. The number of benzene rings is 2. The summed E-state index contributed by atoms with van der Waals surface area (Å²) in [5, 5.41) is 2.89. The van der Waals surface area contributed by atoms with Crippen LogP contribution in [0.15, 0.2) is 71.5 Å². The molecule has 0 spiro atoms. The van der Waals surface area contributed by atoms with Crippen LogP contribution in [0.3, 0.4) is 0 Å². The number of hydrogen-bond acceptors (Lipinski definition) is 4. The summed E-state index contributed by atoms with van der Waals surface area (Å²) in [7, 11) is 0. The van der Waals surface area contributed by atoms with E-state index in [9.17, 15) is 4.79 Å².